The van der Waals surface area contributed by atoms with Gasteiger partial charge in [-0.05, 0) is 72.9 Å². The molecule has 1 atom stereocenters. The Kier molecular flexibility index (Phi) is 3.68. The monoisotopic (exact) mass is 305 g/mol. The van der Waals surface area contributed by atoms with Gasteiger partial charge in [0.1, 0.15) is 0 Å². The summed E-state index contributed by atoms with van der Waals surface area (Å²) in [7, 11) is 1.95. The Morgan fingerprint density at radius 2 is 1.74 bits per heavy atom. The van der Waals surface area contributed by atoms with Gasteiger partial charge in [0, 0.05) is 12.6 Å². The first-order valence-electron chi connectivity index (χ1n) is 8.71. The molecule has 2 aromatic carbocycles. The number of fused-ring (bicyclic) bond motifs is 2. The lowest BCUT2D eigenvalue weighted by molar-refractivity contribution is 0.0730. The van der Waals surface area contributed by atoms with Crippen LogP contribution in [-0.2, 0) is 19.3 Å². The molecule has 2 aliphatic rings. The molecule has 23 heavy (non-hydrogen) atoms. The van der Waals surface area contributed by atoms with Crippen molar-refractivity contribution in [3.63, 3.8) is 0 Å². The predicted octanol–water partition coefficient (Wildman–Crippen LogP) is 4.32. The van der Waals surface area contributed by atoms with Gasteiger partial charge >= 0.3 is 0 Å². The van der Waals surface area contributed by atoms with E-state index in [2.05, 4.69) is 36.4 Å². The van der Waals surface area contributed by atoms with Crippen LogP contribution in [0.5, 0.6) is 0 Å². The molecule has 1 unspecified atom stereocenters. The predicted molar refractivity (Wildman–Crippen MR) is 92.7 cm³/mol. The third-order valence-electron chi connectivity index (χ3n) is 5.48. The minimum Gasteiger partial charge on any atom is -0.335 e. The lowest BCUT2D eigenvalue weighted by Gasteiger charge is -2.26. The maximum Gasteiger partial charge on any atom is 0.254 e. The number of nitrogens with zero attached hydrogens (tertiary/aromatic N) is 1. The van der Waals surface area contributed by atoms with Crippen LogP contribution in [-0.4, -0.2) is 17.9 Å². The molecule has 1 amide bonds. The average molecular weight is 305 g/mol. The van der Waals surface area contributed by atoms with E-state index in [1.807, 2.05) is 18.0 Å². The van der Waals surface area contributed by atoms with Crippen molar-refractivity contribution in [2.75, 3.05) is 7.05 Å². The fourth-order valence-electron chi connectivity index (χ4n) is 4.15. The van der Waals surface area contributed by atoms with Crippen molar-refractivity contribution in [2.45, 2.75) is 44.6 Å². The minimum atomic E-state index is 0.153. The Bertz CT molecular complexity index is 749. The van der Waals surface area contributed by atoms with Gasteiger partial charge in [0.2, 0.25) is 0 Å². The molecule has 0 radical (unpaired) electrons. The molecule has 0 N–H and O–H groups in total. The first kappa shape index (κ1) is 14.5. The zero-order valence-electron chi connectivity index (χ0n) is 13.7. The van der Waals surface area contributed by atoms with Crippen LogP contribution < -0.4 is 0 Å². The van der Waals surface area contributed by atoms with E-state index >= 15 is 0 Å². The van der Waals surface area contributed by atoms with Crippen LogP contribution in [0.15, 0.2) is 42.5 Å². The highest BCUT2D eigenvalue weighted by Gasteiger charge is 2.29. The Balaban J connectivity index is 1.60. The maximum absolute atomic E-state index is 13.0. The fraction of sp³-hybridized carbons (Fsp3) is 0.381. The zero-order valence-corrected chi connectivity index (χ0v) is 13.7. The van der Waals surface area contributed by atoms with Gasteiger partial charge < -0.3 is 4.90 Å². The lowest BCUT2D eigenvalue weighted by atomic mass is 9.90. The standard InChI is InChI=1S/C21H23NO/c1-22(20-13-12-16-7-4-5-9-19(16)20)21(23)18-11-10-15-6-2-3-8-17(15)14-18/h4-5,7,9-11,14,20H,2-3,6,8,12-13H2,1H3. The highest BCUT2D eigenvalue weighted by Crippen LogP contribution is 2.35. The molecule has 2 heteroatoms. The summed E-state index contributed by atoms with van der Waals surface area (Å²) in [5, 5.41) is 0. The van der Waals surface area contributed by atoms with Crippen molar-refractivity contribution in [3.8, 4) is 0 Å². The summed E-state index contributed by atoms with van der Waals surface area (Å²) >= 11 is 0. The Morgan fingerprint density at radius 3 is 2.61 bits per heavy atom. The number of carbonyl (C=O) groups excluding carboxylic acids is 1. The molecule has 4 rings (SSSR count). The summed E-state index contributed by atoms with van der Waals surface area (Å²) in [6, 6.07) is 15.1. The van der Waals surface area contributed by atoms with Crippen LogP contribution in [0.25, 0.3) is 0 Å². The SMILES string of the molecule is CN(C(=O)c1ccc2c(c1)CCCC2)C1CCc2ccccc21. The quantitative estimate of drug-likeness (QED) is 0.809. The van der Waals surface area contributed by atoms with Gasteiger partial charge in [0.05, 0.1) is 6.04 Å². The second-order valence-electron chi connectivity index (χ2n) is 6.86. The number of aryl methyl sites for hydroxylation is 3. The zero-order chi connectivity index (χ0) is 15.8. The molecular weight excluding hydrogens is 282 g/mol. The van der Waals surface area contributed by atoms with E-state index in [0.717, 1.165) is 31.2 Å². The molecule has 2 aliphatic carbocycles. The summed E-state index contributed by atoms with van der Waals surface area (Å²) in [6.45, 7) is 0. The molecule has 118 valence electrons. The summed E-state index contributed by atoms with van der Waals surface area (Å²) < 4.78 is 0. The van der Waals surface area contributed by atoms with Crippen molar-refractivity contribution < 1.29 is 4.79 Å². The number of benzene rings is 2. The molecule has 0 aliphatic heterocycles. The van der Waals surface area contributed by atoms with Crippen LogP contribution in [0.3, 0.4) is 0 Å². The molecule has 0 heterocycles. The molecule has 2 aromatic rings. The number of rotatable bonds is 2. The highest BCUT2D eigenvalue weighted by atomic mass is 16.2. The number of hydrogen-bond donors (Lipinski definition) is 0. The Morgan fingerprint density at radius 1 is 0.957 bits per heavy atom. The summed E-state index contributed by atoms with van der Waals surface area (Å²) in [5.41, 5.74) is 6.37. The van der Waals surface area contributed by atoms with Crippen molar-refractivity contribution >= 4 is 5.91 Å². The van der Waals surface area contributed by atoms with Crippen molar-refractivity contribution in [1.29, 1.82) is 0 Å². The van der Waals surface area contributed by atoms with E-state index in [9.17, 15) is 4.79 Å². The summed E-state index contributed by atoms with van der Waals surface area (Å²) in [6.07, 6.45) is 6.91. The van der Waals surface area contributed by atoms with Gasteiger partial charge in [-0.2, -0.15) is 0 Å². The van der Waals surface area contributed by atoms with E-state index in [0.29, 0.717) is 0 Å². The van der Waals surface area contributed by atoms with Crippen LogP contribution in [0.4, 0.5) is 0 Å². The van der Waals surface area contributed by atoms with Gasteiger partial charge in [-0.25, -0.2) is 0 Å². The molecule has 0 saturated carbocycles. The van der Waals surface area contributed by atoms with Crippen molar-refractivity contribution in [2.24, 2.45) is 0 Å². The smallest absolute Gasteiger partial charge is 0.254 e. The third-order valence-corrected chi connectivity index (χ3v) is 5.48. The van der Waals surface area contributed by atoms with E-state index in [-0.39, 0.29) is 11.9 Å². The molecule has 0 bridgehead atoms. The molecule has 0 spiro atoms. The topological polar surface area (TPSA) is 20.3 Å². The van der Waals surface area contributed by atoms with E-state index < -0.39 is 0 Å². The number of amides is 1. The third kappa shape index (κ3) is 2.56. The largest absolute Gasteiger partial charge is 0.335 e. The van der Waals surface area contributed by atoms with Gasteiger partial charge in [-0.3, -0.25) is 4.79 Å². The van der Waals surface area contributed by atoms with Crippen LogP contribution in [0.2, 0.25) is 0 Å². The fourth-order valence-corrected chi connectivity index (χ4v) is 4.15. The first-order valence-corrected chi connectivity index (χ1v) is 8.71. The van der Waals surface area contributed by atoms with Gasteiger partial charge in [0.25, 0.3) is 5.91 Å². The average Bonchev–Trinajstić information content (AvgIpc) is 3.04. The second-order valence-corrected chi connectivity index (χ2v) is 6.86. The Hall–Kier alpha value is -2.09. The van der Waals surface area contributed by atoms with Crippen LogP contribution in [0, 0.1) is 0 Å². The first-order chi connectivity index (χ1) is 11.2. The molecular formula is C21H23NO. The number of hydrogen-bond acceptors (Lipinski definition) is 1. The molecule has 0 aromatic heterocycles. The molecule has 2 nitrogen and oxygen atoms in total. The Labute approximate surface area is 138 Å². The maximum atomic E-state index is 13.0. The lowest BCUT2D eigenvalue weighted by Crippen LogP contribution is -2.30. The normalized spacial score (nSPS) is 19.1. The molecule has 0 fully saturated rings. The van der Waals surface area contributed by atoms with Crippen molar-refractivity contribution in [3.05, 3.63) is 70.3 Å². The van der Waals surface area contributed by atoms with E-state index in [4.69, 9.17) is 0 Å². The molecule has 0 saturated heterocycles. The summed E-state index contributed by atoms with van der Waals surface area (Å²) in [4.78, 5) is 14.9. The van der Waals surface area contributed by atoms with Gasteiger partial charge in [0.15, 0.2) is 0 Å². The number of carbonyl (C=O) groups is 1. The highest BCUT2D eigenvalue weighted by molar-refractivity contribution is 5.94. The minimum absolute atomic E-state index is 0.153. The van der Waals surface area contributed by atoms with Crippen molar-refractivity contribution in [1.82, 2.24) is 4.90 Å². The van der Waals surface area contributed by atoms with Crippen LogP contribution in [0.1, 0.15) is 57.9 Å². The van der Waals surface area contributed by atoms with Gasteiger partial charge in [-0.1, -0.05) is 30.3 Å². The van der Waals surface area contributed by atoms with E-state index in [1.54, 1.807) is 0 Å². The summed E-state index contributed by atoms with van der Waals surface area (Å²) in [5.74, 6) is 0.153. The van der Waals surface area contributed by atoms with Crippen LogP contribution >= 0.6 is 0 Å². The second kappa shape index (κ2) is 5.84. The van der Waals surface area contributed by atoms with Gasteiger partial charge in [-0.15, -0.1) is 0 Å². The van der Waals surface area contributed by atoms with E-state index in [1.165, 1.54) is 35.1 Å².